The molecule has 2 heterocycles. The van der Waals surface area contributed by atoms with Crippen molar-refractivity contribution in [1.29, 1.82) is 0 Å². The fourth-order valence-electron chi connectivity index (χ4n) is 2.87. The van der Waals surface area contributed by atoms with E-state index in [-0.39, 0.29) is 11.2 Å². The largest absolute Gasteiger partial charge is 0.320 e. The lowest BCUT2D eigenvalue weighted by atomic mass is 10.0. The van der Waals surface area contributed by atoms with Crippen molar-refractivity contribution in [1.82, 2.24) is 9.97 Å². The van der Waals surface area contributed by atoms with Crippen LogP contribution in [0.3, 0.4) is 0 Å². The van der Waals surface area contributed by atoms with E-state index < -0.39 is 4.92 Å². The number of H-pyrrole nitrogens is 1. The average molecular weight is 279 g/mol. The molecule has 0 spiro atoms. The van der Waals surface area contributed by atoms with Gasteiger partial charge in [0.1, 0.15) is 0 Å². The van der Waals surface area contributed by atoms with E-state index in [1.165, 1.54) is 12.1 Å². The van der Waals surface area contributed by atoms with Crippen molar-refractivity contribution in [2.24, 2.45) is 0 Å². The Kier molecular flexibility index (Phi) is 2.24. The number of nitrogens with one attached hydrogen (secondary N) is 1. The van der Waals surface area contributed by atoms with Crippen LogP contribution in [0.1, 0.15) is 11.1 Å². The lowest BCUT2D eigenvalue weighted by molar-refractivity contribution is -0.384. The fourth-order valence-corrected chi connectivity index (χ4v) is 2.87. The number of benzene rings is 1. The number of hydrogen-bond donors (Lipinski definition) is 1. The van der Waals surface area contributed by atoms with E-state index in [0.717, 1.165) is 27.9 Å². The first-order valence-electron chi connectivity index (χ1n) is 6.43. The Balaban J connectivity index is 2.07. The summed E-state index contributed by atoms with van der Waals surface area (Å²) in [4.78, 5) is 29.7. The maximum absolute atomic E-state index is 12.2. The average Bonchev–Trinajstić information content (AvgIpc) is 2.86. The van der Waals surface area contributed by atoms with Gasteiger partial charge in [-0.3, -0.25) is 19.9 Å². The first-order valence-corrected chi connectivity index (χ1v) is 6.43. The molecule has 1 aliphatic rings. The Labute approximate surface area is 118 Å². The van der Waals surface area contributed by atoms with Crippen molar-refractivity contribution in [2.45, 2.75) is 6.42 Å². The van der Waals surface area contributed by atoms with Crippen LogP contribution in [0.25, 0.3) is 22.2 Å². The van der Waals surface area contributed by atoms with E-state index in [9.17, 15) is 14.9 Å². The Bertz CT molecular complexity index is 976. The summed E-state index contributed by atoms with van der Waals surface area (Å²) in [6.45, 7) is 0. The minimum atomic E-state index is -0.498. The van der Waals surface area contributed by atoms with Gasteiger partial charge in [-0.15, -0.1) is 0 Å². The smallest absolute Gasteiger partial charge is 0.270 e. The zero-order chi connectivity index (χ0) is 14.6. The number of aromatic nitrogens is 2. The number of nitrogens with zero attached hydrogens (tertiary/aromatic N) is 2. The molecule has 1 N–H and O–H groups in total. The summed E-state index contributed by atoms with van der Waals surface area (Å²) in [6, 6.07) is 8.23. The molecule has 0 amide bonds. The Morgan fingerprint density at radius 3 is 2.90 bits per heavy atom. The zero-order valence-corrected chi connectivity index (χ0v) is 10.8. The second kappa shape index (κ2) is 3.99. The number of aromatic amines is 1. The predicted molar refractivity (Wildman–Crippen MR) is 77.3 cm³/mol. The predicted octanol–water partition coefficient (Wildman–Crippen LogP) is 2.40. The Hall–Kier alpha value is -3.02. The van der Waals surface area contributed by atoms with Gasteiger partial charge < -0.3 is 4.98 Å². The van der Waals surface area contributed by atoms with Gasteiger partial charge in [-0.25, -0.2) is 0 Å². The van der Waals surface area contributed by atoms with Crippen molar-refractivity contribution >= 4 is 16.5 Å². The van der Waals surface area contributed by atoms with Gasteiger partial charge in [0, 0.05) is 24.8 Å². The third kappa shape index (κ3) is 1.59. The molecule has 0 atom stereocenters. The van der Waals surface area contributed by atoms with Crippen LogP contribution >= 0.6 is 0 Å². The van der Waals surface area contributed by atoms with E-state index in [1.54, 1.807) is 12.3 Å². The summed E-state index contributed by atoms with van der Waals surface area (Å²) in [5, 5.41) is 11.9. The van der Waals surface area contributed by atoms with E-state index in [0.29, 0.717) is 11.8 Å². The highest BCUT2D eigenvalue weighted by Crippen LogP contribution is 2.36. The topological polar surface area (TPSA) is 88.9 Å². The summed E-state index contributed by atoms with van der Waals surface area (Å²) < 4.78 is 0. The molecule has 2 aromatic heterocycles. The molecule has 4 rings (SSSR count). The van der Waals surface area contributed by atoms with Crippen LogP contribution in [0.15, 0.2) is 41.3 Å². The van der Waals surface area contributed by atoms with Gasteiger partial charge in [-0.05, 0) is 28.6 Å². The molecule has 0 radical (unpaired) electrons. The minimum absolute atomic E-state index is 0.0819. The monoisotopic (exact) mass is 279 g/mol. The van der Waals surface area contributed by atoms with Crippen molar-refractivity contribution < 1.29 is 4.92 Å². The number of nitro benzene ring substituents is 1. The molecule has 1 aromatic carbocycles. The van der Waals surface area contributed by atoms with E-state index >= 15 is 0 Å². The second-order valence-corrected chi connectivity index (χ2v) is 4.98. The summed E-state index contributed by atoms with van der Waals surface area (Å²) in [5.74, 6) is 0. The van der Waals surface area contributed by atoms with Gasteiger partial charge in [0.15, 0.2) is 0 Å². The minimum Gasteiger partial charge on any atom is -0.320 e. The van der Waals surface area contributed by atoms with E-state index in [4.69, 9.17) is 0 Å². The van der Waals surface area contributed by atoms with Crippen LogP contribution in [-0.4, -0.2) is 14.9 Å². The van der Waals surface area contributed by atoms with E-state index in [1.807, 2.05) is 12.1 Å². The summed E-state index contributed by atoms with van der Waals surface area (Å²) in [5.41, 5.74) is 3.11. The molecule has 6 nitrogen and oxygen atoms in total. The molecule has 6 heteroatoms. The van der Waals surface area contributed by atoms with Crippen LogP contribution in [0.2, 0.25) is 0 Å². The molecule has 0 fully saturated rings. The number of pyridine rings is 2. The van der Waals surface area contributed by atoms with Gasteiger partial charge in [0.25, 0.3) is 11.2 Å². The third-order valence-corrected chi connectivity index (χ3v) is 3.82. The molecule has 21 heavy (non-hydrogen) atoms. The van der Waals surface area contributed by atoms with Crippen LogP contribution in [-0.2, 0) is 6.42 Å². The number of rotatable bonds is 1. The molecule has 0 saturated carbocycles. The molecular formula is C15H9N3O3. The quantitative estimate of drug-likeness (QED) is 0.428. The molecule has 0 bridgehead atoms. The number of nitro groups is 1. The van der Waals surface area contributed by atoms with Gasteiger partial charge >= 0.3 is 0 Å². The van der Waals surface area contributed by atoms with Crippen LogP contribution in [0, 0.1) is 10.1 Å². The SMILES string of the molecule is O=c1[nH]c2c(c3ccc([N+](=O)[O-])cc13)Cc1cccnc1-2. The molecule has 0 aliphatic heterocycles. The molecule has 0 saturated heterocycles. The highest BCUT2D eigenvalue weighted by Gasteiger charge is 2.24. The molecule has 1 aliphatic carbocycles. The highest BCUT2D eigenvalue weighted by atomic mass is 16.6. The lowest BCUT2D eigenvalue weighted by Crippen LogP contribution is -2.09. The number of fused-ring (bicyclic) bond motifs is 5. The Morgan fingerprint density at radius 2 is 2.10 bits per heavy atom. The fraction of sp³-hybridized carbons (Fsp3) is 0.0667. The first kappa shape index (κ1) is 11.8. The lowest BCUT2D eigenvalue weighted by Gasteiger charge is -2.04. The van der Waals surface area contributed by atoms with Crippen LogP contribution < -0.4 is 5.56 Å². The molecule has 3 aromatic rings. The standard InChI is InChI=1S/C15H9N3O3/c19-15-12-7-9(18(20)21)3-4-10(12)11-6-8-2-1-5-16-13(8)14(11)17-15/h1-5,7H,6H2,(H,17,19). The van der Waals surface area contributed by atoms with Gasteiger partial charge in [-0.1, -0.05) is 6.07 Å². The normalized spacial score (nSPS) is 12.2. The summed E-state index contributed by atoms with van der Waals surface area (Å²) >= 11 is 0. The summed E-state index contributed by atoms with van der Waals surface area (Å²) in [6.07, 6.45) is 2.36. The second-order valence-electron chi connectivity index (χ2n) is 4.98. The molecule has 0 unspecified atom stereocenters. The maximum Gasteiger partial charge on any atom is 0.270 e. The third-order valence-electron chi connectivity index (χ3n) is 3.82. The maximum atomic E-state index is 12.2. The van der Waals surface area contributed by atoms with Crippen LogP contribution in [0.5, 0.6) is 0 Å². The summed E-state index contributed by atoms with van der Waals surface area (Å²) in [7, 11) is 0. The van der Waals surface area contributed by atoms with Crippen molar-refractivity contribution in [3.05, 3.63) is 68.1 Å². The van der Waals surface area contributed by atoms with Crippen molar-refractivity contribution in [3.8, 4) is 11.4 Å². The van der Waals surface area contributed by atoms with Gasteiger partial charge in [0.05, 0.1) is 21.7 Å². The van der Waals surface area contributed by atoms with E-state index in [2.05, 4.69) is 9.97 Å². The number of non-ortho nitro benzene ring substituents is 1. The highest BCUT2D eigenvalue weighted by molar-refractivity contribution is 5.93. The van der Waals surface area contributed by atoms with Gasteiger partial charge in [0.2, 0.25) is 0 Å². The van der Waals surface area contributed by atoms with Crippen molar-refractivity contribution in [2.75, 3.05) is 0 Å². The Morgan fingerprint density at radius 1 is 1.24 bits per heavy atom. The van der Waals surface area contributed by atoms with Crippen LogP contribution in [0.4, 0.5) is 5.69 Å². The van der Waals surface area contributed by atoms with Gasteiger partial charge in [-0.2, -0.15) is 0 Å². The van der Waals surface area contributed by atoms with Crippen molar-refractivity contribution in [3.63, 3.8) is 0 Å². The number of hydrogen-bond acceptors (Lipinski definition) is 4. The molecular weight excluding hydrogens is 270 g/mol. The zero-order valence-electron chi connectivity index (χ0n) is 10.8. The molecule has 102 valence electrons. The first-order chi connectivity index (χ1) is 10.1.